The summed E-state index contributed by atoms with van der Waals surface area (Å²) in [6.07, 6.45) is 0. The van der Waals surface area contributed by atoms with Crippen molar-refractivity contribution in [2.24, 2.45) is 0 Å². The van der Waals surface area contributed by atoms with Crippen molar-refractivity contribution in [3.05, 3.63) is 41.5 Å². The van der Waals surface area contributed by atoms with Crippen LogP contribution in [-0.2, 0) is 0 Å². The standard InChI is InChI=1S/C14H12N2O/c17-14-11-5-4-9(8-6-15-7-8)10-2-1-3-12(16-14)13(10)11/h1-5,8,15H,6-7H2,(H,16,17). The predicted octanol–water partition coefficient (Wildman–Crippen LogP) is 2.09. The van der Waals surface area contributed by atoms with Crippen LogP contribution in [0.1, 0.15) is 21.8 Å². The summed E-state index contributed by atoms with van der Waals surface area (Å²) in [7, 11) is 0. The van der Waals surface area contributed by atoms with Crippen LogP contribution in [0.3, 0.4) is 0 Å². The predicted molar refractivity (Wildman–Crippen MR) is 67.5 cm³/mol. The normalized spacial score (nSPS) is 18.2. The molecule has 0 unspecified atom stereocenters. The zero-order chi connectivity index (χ0) is 11.4. The Bertz CT molecular complexity index is 644. The third-order valence-corrected chi connectivity index (χ3v) is 3.79. The van der Waals surface area contributed by atoms with Crippen LogP contribution in [0.2, 0.25) is 0 Å². The van der Waals surface area contributed by atoms with Gasteiger partial charge >= 0.3 is 0 Å². The van der Waals surface area contributed by atoms with Gasteiger partial charge in [-0.3, -0.25) is 4.79 Å². The van der Waals surface area contributed by atoms with Gasteiger partial charge in [-0.15, -0.1) is 0 Å². The Hall–Kier alpha value is -1.87. The summed E-state index contributed by atoms with van der Waals surface area (Å²) >= 11 is 0. The molecule has 1 fully saturated rings. The van der Waals surface area contributed by atoms with Crippen molar-refractivity contribution in [1.29, 1.82) is 0 Å². The zero-order valence-corrected chi connectivity index (χ0v) is 9.29. The van der Waals surface area contributed by atoms with E-state index in [9.17, 15) is 4.79 Å². The molecule has 4 rings (SSSR count). The van der Waals surface area contributed by atoms with E-state index < -0.39 is 0 Å². The van der Waals surface area contributed by atoms with Crippen LogP contribution < -0.4 is 10.6 Å². The second-order valence-corrected chi connectivity index (χ2v) is 4.74. The molecular formula is C14H12N2O. The number of carbonyl (C=O) groups is 1. The van der Waals surface area contributed by atoms with Gasteiger partial charge in [-0.25, -0.2) is 0 Å². The summed E-state index contributed by atoms with van der Waals surface area (Å²) in [4.78, 5) is 11.8. The largest absolute Gasteiger partial charge is 0.321 e. The molecule has 0 atom stereocenters. The topological polar surface area (TPSA) is 41.1 Å². The minimum atomic E-state index is 0.0227. The van der Waals surface area contributed by atoms with Gasteiger partial charge in [0.2, 0.25) is 0 Å². The van der Waals surface area contributed by atoms with Gasteiger partial charge in [0.1, 0.15) is 0 Å². The summed E-state index contributed by atoms with van der Waals surface area (Å²) in [5.74, 6) is 0.615. The third kappa shape index (κ3) is 1.12. The Morgan fingerprint density at radius 1 is 1.12 bits per heavy atom. The molecule has 3 heteroatoms. The number of benzene rings is 2. The first-order valence-electron chi connectivity index (χ1n) is 5.92. The molecule has 0 bridgehead atoms. The molecule has 0 saturated carbocycles. The van der Waals surface area contributed by atoms with E-state index in [0.29, 0.717) is 5.92 Å². The molecule has 2 N–H and O–H groups in total. The van der Waals surface area contributed by atoms with Gasteiger partial charge < -0.3 is 10.6 Å². The molecule has 0 radical (unpaired) electrons. The highest BCUT2D eigenvalue weighted by Crippen LogP contribution is 2.37. The molecule has 2 aromatic rings. The number of rotatable bonds is 1. The maximum Gasteiger partial charge on any atom is 0.256 e. The lowest BCUT2D eigenvalue weighted by Gasteiger charge is -2.28. The first-order valence-corrected chi connectivity index (χ1v) is 5.92. The lowest BCUT2D eigenvalue weighted by Crippen LogP contribution is -2.39. The fourth-order valence-electron chi connectivity index (χ4n) is 2.78. The van der Waals surface area contributed by atoms with Crippen LogP contribution in [-0.4, -0.2) is 19.0 Å². The maximum atomic E-state index is 11.8. The fourth-order valence-corrected chi connectivity index (χ4v) is 2.78. The highest BCUT2D eigenvalue weighted by Gasteiger charge is 2.26. The number of anilines is 1. The molecule has 2 aliphatic heterocycles. The number of carbonyl (C=O) groups excluding carboxylic acids is 1. The summed E-state index contributed by atoms with van der Waals surface area (Å²) in [5.41, 5.74) is 3.13. The SMILES string of the molecule is O=C1Nc2cccc3c(C4CNC4)ccc1c23. The van der Waals surface area contributed by atoms with Crippen LogP contribution in [0, 0.1) is 0 Å². The summed E-state index contributed by atoms with van der Waals surface area (Å²) in [6, 6.07) is 10.2. The summed E-state index contributed by atoms with van der Waals surface area (Å²) in [5, 5.41) is 8.54. The van der Waals surface area contributed by atoms with Gasteiger partial charge in [-0.05, 0) is 23.1 Å². The summed E-state index contributed by atoms with van der Waals surface area (Å²) in [6.45, 7) is 2.08. The molecular weight excluding hydrogens is 212 g/mol. The van der Waals surface area contributed by atoms with Crippen LogP contribution in [0.4, 0.5) is 5.69 Å². The molecule has 0 aliphatic carbocycles. The number of nitrogens with one attached hydrogen (secondary N) is 2. The van der Waals surface area contributed by atoms with Gasteiger partial charge in [-0.1, -0.05) is 18.2 Å². The van der Waals surface area contributed by atoms with E-state index in [1.54, 1.807) is 0 Å². The van der Waals surface area contributed by atoms with Gasteiger partial charge in [0.05, 0.1) is 0 Å². The van der Waals surface area contributed by atoms with E-state index >= 15 is 0 Å². The molecule has 0 aromatic heterocycles. The van der Waals surface area contributed by atoms with E-state index in [0.717, 1.165) is 29.7 Å². The molecule has 1 saturated heterocycles. The number of hydrogen-bond donors (Lipinski definition) is 2. The van der Waals surface area contributed by atoms with Crippen molar-refractivity contribution >= 4 is 22.4 Å². The highest BCUT2D eigenvalue weighted by atomic mass is 16.1. The highest BCUT2D eigenvalue weighted by molar-refractivity contribution is 6.24. The van der Waals surface area contributed by atoms with Gasteiger partial charge in [0, 0.05) is 35.6 Å². The average Bonchev–Trinajstić information content (AvgIpc) is 2.58. The van der Waals surface area contributed by atoms with Crippen LogP contribution >= 0.6 is 0 Å². The Balaban J connectivity index is 2.07. The smallest absolute Gasteiger partial charge is 0.256 e. The van der Waals surface area contributed by atoms with Crippen LogP contribution in [0.15, 0.2) is 30.3 Å². The van der Waals surface area contributed by atoms with Crippen molar-refractivity contribution in [3.63, 3.8) is 0 Å². The minimum absolute atomic E-state index is 0.0227. The molecule has 0 spiro atoms. The molecule has 2 heterocycles. The van der Waals surface area contributed by atoms with Crippen molar-refractivity contribution in [2.75, 3.05) is 18.4 Å². The second kappa shape index (κ2) is 3.08. The average molecular weight is 224 g/mol. The van der Waals surface area contributed by atoms with Crippen LogP contribution in [0.5, 0.6) is 0 Å². The Labute approximate surface area is 98.8 Å². The van der Waals surface area contributed by atoms with Crippen LogP contribution in [0.25, 0.3) is 10.8 Å². The molecule has 3 nitrogen and oxygen atoms in total. The fraction of sp³-hybridized carbons (Fsp3) is 0.214. The van der Waals surface area contributed by atoms with Crippen molar-refractivity contribution < 1.29 is 4.79 Å². The van der Waals surface area contributed by atoms with Crippen molar-refractivity contribution in [1.82, 2.24) is 5.32 Å². The monoisotopic (exact) mass is 224 g/mol. The molecule has 2 aromatic carbocycles. The Morgan fingerprint density at radius 3 is 2.76 bits per heavy atom. The van der Waals surface area contributed by atoms with Gasteiger partial charge in [0.15, 0.2) is 0 Å². The van der Waals surface area contributed by atoms with Crippen molar-refractivity contribution in [2.45, 2.75) is 5.92 Å². The van der Waals surface area contributed by atoms with E-state index in [1.165, 1.54) is 10.9 Å². The zero-order valence-electron chi connectivity index (χ0n) is 9.29. The molecule has 2 aliphatic rings. The lowest BCUT2D eigenvalue weighted by molar-refractivity contribution is 0.103. The van der Waals surface area contributed by atoms with E-state index in [1.807, 2.05) is 18.2 Å². The molecule has 17 heavy (non-hydrogen) atoms. The first-order chi connectivity index (χ1) is 8.34. The Morgan fingerprint density at radius 2 is 2.00 bits per heavy atom. The quantitative estimate of drug-likeness (QED) is 0.778. The first kappa shape index (κ1) is 9.19. The minimum Gasteiger partial charge on any atom is -0.321 e. The molecule has 1 amide bonds. The van der Waals surface area contributed by atoms with E-state index in [-0.39, 0.29) is 5.91 Å². The lowest BCUT2D eigenvalue weighted by atomic mass is 9.88. The van der Waals surface area contributed by atoms with Gasteiger partial charge in [-0.2, -0.15) is 0 Å². The van der Waals surface area contributed by atoms with Crippen molar-refractivity contribution in [3.8, 4) is 0 Å². The number of hydrogen-bond acceptors (Lipinski definition) is 2. The third-order valence-electron chi connectivity index (χ3n) is 3.79. The number of amides is 1. The molecule has 84 valence electrons. The maximum absolute atomic E-state index is 11.8. The van der Waals surface area contributed by atoms with Gasteiger partial charge in [0.25, 0.3) is 5.91 Å². The second-order valence-electron chi connectivity index (χ2n) is 4.74. The summed E-state index contributed by atoms with van der Waals surface area (Å²) < 4.78 is 0. The Kier molecular flexibility index (Phi) is 1.66. The van der Waals surface area contributed by atoms with E-state index in [2.05, 4.69) is 22.8 Å². The van der Waals surface area contributed by atoms with E-state index in [4.69, 9.17) is 0 Å².